The van der Waals surface area contributed by atoms with Crippen LogP contribution in [0.2, 0.25) is 5.02 Å². The highest BCUT2D eigenvalue weighted by atomic mass is 35.5. The maximum absolute atomic E-state index is 15.3. The van der Waals surface area contributed by atoms with Gasteiger partial charge >= 0.3 is 6.09 Å². The Labute approximate surface area is 216 Å². The summed E-state index contributed by atoms with van der Waals surface area (Å²) in [5.74, 6) is -0.821. The molecule has 1 atom stereocenters. The normalized spacial score (nSPS) is 25.0. The first-order valence-corrected chi connectivity index (χ1v) is 12.8. The van der Waals surface area contributed by atoms with Crippen molar-refractivity contribution in [2.24, 2.45) is 0 Å². The van der Waals surface area contributed by atoms with Crippen LogP contribution in [-0.2, 0) is 27.4 Å². The highest BCUT2D eigenvalue weighted by Crippen LogP contribution is 2.43. The van der Waals surface area contributed by atoms with Crippen molar-refractivity contribution in [3.63, 3.8) is 0 Å². The first kappa shape index (κ1) is 23.9. The molecule has 4 aliphatic rings. The summed E-state index contributed by atoms with van der Waals surface area (Å²) >= 11 is 6.36. The van der Waals surface area contributed by atoms with Crippen LogP contribution in [0.1, 0.15) is 77.8 Å². The number of hydrogen-bond acceptors (Lipinski definition) is 6. The van der Waals surface area contributed by atoms with E-state index < -0.39 is 35.7 Å². The fraction of sp³-hybridized carbons (Fsp3) is 0.480. The van der Waals surface area contributed by atoms with Gasteiger partial charge in [-0.1, -0.05) is 11.6 Å². The number of nitrogens with zero attached hydrogens (tertiary/aromatic N) is 3. The number of alkyl carbamates (subject to hydrolysis) is 1. The molecule has 2 N–H and O–H groups in total. The molecule has 2 aliphatic heterocycles. The van der Waals surface area contributed by atoms with Crippen molar-refractivity contribution in [1.82, 2.24) is 25.1 Å². The number of nitrogens with one attached hydrogen (secondary N) is 2. The van der Waals surface area contributed by atoms with Crippen LogP contribution in [0.3, 0.4) is 0 Å². The van der Waals surface area contributed by atoms with E-state index in [0.29, 0.717) is 18.8 Å². The zero-order valence-corrected chi connectivity index (χ0v) is 20.6. The lowest BCUT2D eigenvalue weighted by molar-refractivity contribution is -0.136. The van der Waals surface area contributed by atoms with Crippen LogP contribution in [0, 0.1) is 5.82 Å². The molecule has 194 valence electrons. The summed E-state index contributed by atoms with van der Waals surface area (Å²) in [4.78, 5) is 54.7. The minimum Gasteiger partial charge on any atom is -0.446 e. The number of imide groups is 1. The van der Waals surface area contributed by atoms with Crippen LogP contribution in [0.4, 0.5) is 9.18 Å². The van der Waals surface area contributed by atoms with E-state index in [0.717, 1.165) is 18.7 Å². The number of hydrogen-bond donors (Lipinski definition) is 2. The molecule has 37 heavy (non-hydrogen) atoms. The van der Waals surface area contributed by atoms with Crippen LogP contribution in [0.5, 0.6) is 0 Å². The van der Waals surface area contributed by atoms with E-state index in [-0.39, 0.29) is 59.8 Å². The van der Waals surface area contributed by atoms with E-state index in [1.165, 1.54) is 11.0 Å². The molecule has 0 bridgehead atoms. The van der Waals surface area contributed by atoms with Gasteiger partial charge in [-0.3, -0.25) is 19.7 Å². The van der Waals surface area contributed by atoms with Gasteiger partial charge in [0, 0.05) is 72.9 Å². The number of aromatic nitrogens is 2. The van der Waals surface area contributed by atoms with Gasteiger partial charge in [0.05, 0.1) is 5.56 Å². The van der Waals surface area contributed by atoms with Crippen LogP contribution in [0.25, 0.3) is 0 Å². The lowest BCUT2D eigenvalue weighted by atomic mass is 9.89. The second-order valence-corrected chi connectivity index (χ2v) is 10.5. The van der Waals surface area contributed by atoms with Crippen molar-refractivity contribution in [2.45, 2.75) is 75.7 Å². The van der Waals surface area contributed by atoms with E-state index in [1.54, 1.807) is 6.20 Å². The summed E-state index contributed by atoms with van der Waals surface area (Å²) < 4.78 is 23.0. The first-order valence-electron chi connectivity index (χ1n) is 12.4. The molecule has 1 aromatic heterocycles. The van der Waals surface area contributed by atoms with Crippen LogP contribution < -0.4 is 10.6 Å². The predicted molar refractivity (Wildman–Crippen MR) is 127 cm³/mol. The van der Waals surface area contributed by atoms with Crippen molar-refractivity contribution < 1.29 is 28.3 Å². The SMILES string of the molecule is O=C1CCC(N2Cc3c(Cl)cc(CNC(=O)OC4CC(n5ccnc5C5CC5)C4)c(F)c3C2=O)C(=O)N1. The molecule has 10 nitrogen and oxygen atoms in total. The highest BCUT2D eigenvalue weighted by molar-refractivity contribution is 6.32. The minimum absolute atomic E-state index is 0.0336. The average molecular weight is 530 g/mol. The van der Waals surface area contributed by atoms with E-state index in [9.17, 15) is 19.2 Å². The topological polar surface area (TPSA) is 123 Å². The van der Waals surface area contributed by atoms with Crippen LogP contribution >= 0.6 is 11.6 Å². The molecule has 12 heteroatoms. The Morgan fingerprint density at radius 1 is 1.24 bits per heavy atom. The molecule has 3 heterocycles. The fourth-order valence-corrected chi connectivity index (χ4v) is 5.64. The van der Waals surface area contributed by atoms with E-state index in [1.807, 2.05) is 6.20 Å². The quantitative estimate of drug-likeness (QED) is 0.555. The summed E-state index contributed by atoms with van der Waals surface area (Å²) in [6.45, 7) is -0.249. The van der Waals surface area contributed by atoms with Gasteiger partial charge in [0.25, 0.3) is 5.91 Å². The Hall–Kier alpha value is -3.47. The molecule has 6 rings (SSSR count). The minimum atomic E-state index is -0.876. The number of carbonyl (C=O) groups is 4. The van der Waals surface area contributed by atoms with Crippen molar-refractivity contribution in [3.05, 3.63) is 51.8 Å². The standard InChI is InChI=1S/C25H25ClFN5O5/c26-17-7-13(21(27)20-16(17)11-32(24(20)35)18-3-4-19(33)30-23(18)34)10-29-25(36)37-15-8-14(9-15)31-6-5-28-22(31)12-1-2-12/h5-7,12,14-15,18H,1-4,8-11H2,(H,29,36)(H,30,33,34). The van der Waals surface area contributed by atoms with Crippen molar-refractivity contribution >= 4 is 35.4 Å². The second kappa shape index (κ2) is 9.13. The molecular formula is C25H25ClFN5O5. The maximum Gasteiger partial charge on any atom is 0.407 e. The van der Waals surface area contributed by atoms with Gasteiger partial charge in [-0.25, -0.2) is 14.2 Å². The third-order valence-electron chi connectivity index (χ3n) is 7.58. The molecule has 2 saturated carbocycles. The lowest BCUT2D eigenvalue weighted by Gasteiger charge is -2.36. The summed E-state index contributed by atoms with van der Waals surface area (Å²) in [6.07, 6.45) is 6.81. The van der Waals surface area contributed by atoms with Gasteiger partial charge < -0.3 is 19.5 Å². The van der Waals surface area contributed by atoms with Gasteiger partial charge in [-0.15, -0.1) is 0 Å². The largest absolute Gasteiger partial charge is 0.446 e. The molecular weight excluding hydrogens is 505 g/mol. The molecule has 1 aromatic carbocycles. The monoisotopic (exact) mass is 529 g/mol. The Morgan fingerprint density at radius 2 is 2.03 bits per heavy atom. The smallest absolute Gasteiger partial charge is 0.407 e. The van der Waals surface area contributed by atoms with Crippen molar-refractivity contribution in [2.75, 3.05) is 0 Å². The average Bonchev–Trinajstić information content (AvgIpc) is 3.46. The van der Waals surface area contributed by atoms with Crippen molar-refractivity contribution in [1.29, 1.82) is 0 Å². The summed E-state index contributed by atoms with van der Waals surface area (Å²) in [7, 11) is 0. The number of imidazole rings is 1. The third kappa shape index (κ3) is 4.35. The molecule has 1 saturated heterocycles. The summed E-state index contributed by atoms with van der Waals surface area (Å²) in [5.41, 5.74) is 0.111. The molecule has 0 spiro atoms. The van der Waals surface area contributed by atoms with Gasteiger partial charge in [-0.2, -0.15) is 0 Å². The Kier molecular flexibility index (Phi) is 5.89. The number of piperidine rings is 1. The molecule has 0 radical (unpaired) electrons. The molecule has 3 fully saturated rings. The number of rotatable bonds is 6. The number of amides is 4. The number of fused-ring (bicyclic) bond motifs is 1. The zero-order chi connectivity index (χ0) is 25.8. The van der Waals surface area contributed by atoms with Gasteiger partial charge in [-0.05, 0) is 25.3 Å². The molecule has 1 unspecified atom stereocenters. The number of carbonyl (C=O) groups excluding carboxylic acids is 4. The van der Waals surface area contributed by atoms with Gasteiger partial charge in [0.1, 0.15) is 23.8 Å². The summed E-state index contributed by atoms with van der Waals surface area (Å²) in [6, 6.07) is 0.746. The zero-order valence-electron chi connectivity index (χ0n) is 19.8. The summed E-state index contributed by atoms with van der Waals surface area (Å²) in [5, 5.41) is 4.92. The van der Waals surface area contributed by atoms with Crippen LogP contribution in [0.15, 0.2) is 18.5 Å². The van der Waals surface area contributed by atoms with E-state index in [2.05, 4.69) is 20.2 Å². The lowest BCUT2D eigenvalue weighted by Crippen LogP contribution is -2.52. The Bertz CT molecular complexity index is 1320. The number of benzene rings is 1. The fourth-order valence-electron chi connectivity index (χ4n) is 5.35. The molecule has 2 aromatic rings. The second-order valence-electron chi connectivity index (χ2n) is 10.1. The van der Waals surface area contributed by atoms with Gasteiger partial charge in [0.15, 0.2) is 0 Å². The third-order valence-corrected chi connectivity index (χ3v) is 7.92. The van der Waals surface area contributed by atoms with Crippen molar-refractivity contribution in [3.8, 4) is 0 Å². The van der Waals surface area contributed by atoms with E-state index in [4.69, 9.17) is 16.3 Å². The van der Waals surface area contributed by atoms with Crippen LogP contribution in [-0.4, -0.2) is 50.4 Å². The highest BCUT2D eigenvalue weighted by Gasteiger charge is 2.42. The maximum atomic E-state index is 15.3. The van der Waals surface area contributed by atoms with Gasteiger partial charge in [0.2, 0.25) is 11.8 Å². The first-order chi connectivity index (χ1) is 17.8. The van der Waals surface area contributed by atoms with E-state index >= 15 is 4.39 Å². The molecule has 4 amide bonds. The number of ether oxygens (including phenoxy) is 1. The Balaban J connectivity index is 1.06. The number of halogens is 2. The Morgan fingerprint density at radius 3 is 2.76 bits per heavy atom. The molecule has 2 aliphatic carbocycles. The predicted octanol–water partition coefficient (Wildman–Crippen LogP) is 2.94.